The second-order valence-corrected chi connectivity index (χ2v) is 9.60. The van der Waals surface area contributed by atoms with Crippen LogP contribution in [0.3, 0.4) is 0 Å². The minimum atomic E-state index is -1.02. The second kappa shape index (κ2) is 10.3. The van der Waals surface area contributed by atoms with E-state index in [9.17, 15) is 20.0 Å². The number of carboxylic acid groups (broad SMARTS) is 1. The summed E-state index contributed by atoms with van der Waals surface area (Å²) in [5.41, 5.74) is 6.39. The quantitative estimate of drug-likeness (QED) is 0.243. The van der Waals surface area contributed by atoms with Crippen LogP contribution in [0.5, 0.6) is 0 Å². The Morgan fingerprint density at radius 3 is 2.36 bits per heavy atom. The van der Waals surface area contributed by atoms with Gasteiger partial charge in [0.25, 0.3) is 0 Å². The molecule has 0 spiro atoms. The number of rotatable bonds is 6. The number of aryl methyl sites for hydroxylation is 1. The Bertz CT molecular complexity index is 1830. The zero-order valence-electron chi connectivity index (χ0n) is 21.8. The third kappa shape index (κ3) is 4.90. The number of carboxylic acids is 1. The van der Waals surface area contributed by atoms with Crippen LogP contribution < -0.4 is 10.7 Å². The first-order chi connectivity index (χ1) is 18.8. The number of fused-ring (bicyclic) bond motifs is 1. The highest BCUT2D eigenvalue weighted by Gasteiger charge is 2.20. The van der Waals surface area contributed by atoms with E-state index in [1.54, 1.807) is 37.3 Å². The molecule has 1 aromatic heterocycles. The average molecular weight is 515 g/mol. The zero-order chi connectivity index (χ0) is 27.7. The van der Waals surface area contributed by atoms with Gasteiger partial charge in [0.05, 0.1) is 28.6 Å². The molecular formula is C33H26N2O4. The van der Waals surface area contributed by atoms with Crippen molar-refractivity contribution < 1.29 is 14.3 Å². The maximum atomic E-state index is 13.5. The van der Waals surface area contributed by atoms with Crippen molar-refractivity contribution in [2.75, 3.05) is 5.32 Å². The van der Waals surface area contributed by atoms with Gasteiger partial charge in [-0.1, -0.05) is 54.6 Å². The number of carbonyl (C=O) groups is 1. The van der Waals surface area contributed by atoms with E-state index in [0.29, 0.717) is 33.5 Å². The monoisotopic (exact) mass is 514 g/mol. The van der Waals surface area contributed by atoms with Gasteiger partial charge in [0.1, 0.15) is 11.3 Å². The Labute approximate surface area is 225 Å². The van der Waals surface area contributed by atoms with Gasteiger partial charge in [0.15, 0.2) is 5.43 Å². The molecule has 0 aliphatic rings. The van der Waals surface area contributed by atoms with Gasteiger partial charge < -0.3 is 14.8 Å². The number of nitrogens with one attached hydrogen (secondary N) is 1. The van der Waals surface area contributed by atoms with Crippen molar-refractivity contribution in [1.29, 1.82) is 5.26 Å². The van der Waals surface area contributed by atoms with E-state index in [2.05, 4.69) is 11.4 Å². The number of hydrogen-bond acceptors (Lipinski definition) is 5. The molecule has 6 heteroatoms. The lowest BCUT2D eigenvalue weighted by Crippen LogP contribution is -2.14. The summed E-state index contributed by atoms with van der Waals surface area (Å²) >= 11 is 0. The van der Waals surface area contributed by atoms with Crippen LogP contribution in [0.25, 0.3) is 33.4 Å². The lowest BCUT2D eigenvalue weighted by atomic mass is 9.97. The van der Waals surface area contributed by atoms with Crippen LogP contribution in [0.15, 0.2) is 94.1 Å². The van der Waals surface area contributed by atoms with Gasteiger partial charge in [0.2, 0.25) is 0 Å². The summed E-state index contributed by atoms with van der Waals surface area (Å²) in [7, 11) is 0. The third-order valence-electron chi connectivity index (χ3n) is 6.86. The Morgan fingerprint density at radius 1 is 0.923 bits per heavy atom. The Balaban J connectivity index is 1.59. The fourth-order valence-electron chi connectivity index (χ4n) is 4.85. The lowest BCUT2D eigenvalue weighted by Gasteiger charge is -2.20. The molecule has 192 valence electrons. The van der Waals surface area contributed by atoms with Crippen LogP contribution in [-0.4, -0.2) is 11.1 Å². The van der Waals surface area contributed by atoms with Crippen molar-refractivity contribution in [1.82, 2.24) is 0 Å². The molecule has 0 bridgehead atoms. The average Bonchev–Trinajstić information content (AvgIpc) is 2.95. The molecule has 0 saturated carbocycles. The van der Waals surface area contributed by atoms with Crippen LogP contribution in [0, 0.1) is 25.2 Å². The van der Waals surface area contributed by atoms with Crippen LogP contribution in [0.1, 0.15) is 45.6 Å². The molecule has 1 unspecified atom stereocenters. The molecule has 5 rings (SSSR count). The van der Waals surface area contributed by atoms with E-state index >= 15 is 0 Å². The molecule has 1 atom stereocenters. The Morgan fingerprint density at radius 2 is 1.64 bits per heavy atom. The molecule has 5 aromatic rings. The molecule has 0 aliphatic heterocycles. The summed E-state index contributed by atoms with van der Waals surface area (Å²) in [6.07, 6.45) is 0. The number of nitriles is 1. The first kappa shape index (κ1) is 25.5. The van der Waals surface area contributed by atoms with Gasteiger partial charge >= 0.3 is 5.97 Å². The maximum Gasteiger partial charge on any atom is 0.337 e. The molecular weight excluding hydrogens is 488 g/mol. The van der Waals surface area contributed by atoms with Gasteiger partial charge in [-0.25, -0.2) is 4.79 Å². The fraction of sp³-hybridized carbons (Fsp3) is 0.121. The normalized spacial score (nSPS) is 11.6. The van der Waals surface area contributed by atoms with E-state index in [1.165, 1.54) is 0 Å². The lowest BCUT2D eigenvalue weighted by molar-refractivity contribution is 0.0698. The number of hydrogen-bond donors (Lipinski definition) is 2. The van der Waals surface area contributed by atoms with Crippen molar-refractivity contribution in [3.63, 3.8) is 0 Å². The highest BCUT2D eigenvalue weighted by atomic mass is 16.4. The standard InChI is InChI=1S/C33H26N2O4/c1-19-15-27(21(3)35-29-10-5-4-9-26(29)33(37)38)32-28(16-19)30(36)20(2)31(39-32)24-13-11-23(12-14-24)25-8-6-7-22(17-25)18-34/h4-17,21,35H,1-3H3,(H,37,38). The van der Waals surface area contributed by atoms with Gasteiger partial charge in [-0.15, -0.1) is 0 Å². The van der Waals surface area contributed by atoms with Gasteiger partial charge in [-0.05, 0) is 67.8 Å². The van der Waals surface area contributed by atoms with E-state index in [1.807, 2.05) is 68.4 Å². The number of para-hydroxylation sites is 1. The number of nitrogens with zero attached hydrogens (tertiary/aromatic N) is 1. The van der Waals surface area contributed by atoms with Crippen LogP contribution in [0.4, 0.5) is 5.69 Å². The number of benzene rings is 4. The van der Waals surface area contributed by atoms with Gasteiger partial charge in [-0.2, -0.15) is 5.26 Å². The summed E-state index contributed by atoms with van der Waals surface area (Å²) in [6, 6.07) is 27.4. The van der Waals surface area contributed by atoms with Gasteiger partial charge in [-0.3, -0.25) is 4.79 Å². The SMILES string of the molecule is Cc1cc(C(C)Nc2ccccc2C(=O)O)c2oc(-c3ccc(-c4cccc(C#N)c4)cc3)c(C)c(=O)c2c1. The predicted octanol–water partition coefficient (Wildman–Crippen LogP) is 7.49. The van der Waals surface area contributed by atoms with Crippen molar-refractivity contribution in [3.8, 4) is 28.5 Å². The summed E-state index contributed by atoms with van der Waals surface area (Å²) in [5.74, 6) is -0.542. The van der Waals surface area contributed by atoms with Crippen molar-refractivity contribution >= 4 is 22.6 Å². The molecule has 0 aliphatic carbocycles. The molecule has 39 heavy (non-hydrogen) atoms. The van der Waals surface area contributed by atoms with E-state index < -0.39 is 5.97 Å². The van der Waals surface area contributed by atoms with Crippen LogP contribution in [-0.2, 0) is 0 Å². The maximum absolute atomic E-state index is 13.5. The van der Waals surface area contributed by atoms with Crippen LogP contribution >= 0.6 is 0 Å². The van der Waals surface area contributed by atoms with Crippen molar-refractivity contribution in [2.24, 2.45) is 0 Å². The molecule has 1 heterocycles. The predicted molar refractivity (Wildman–Crippen MR) is 153 cm³/mol. The van der Waals surface area contributed by atoms with Gasteiger partial charge in [0, 0.05) is 22.4 Å². The summed E-state index contributed by atoms with van der Waals surface area (Å²) < 4.78 is 6.46. The Kier molecular flexibility index (Phi) is 6.74. The minimum absolute atomic E-state index is 0.111. The minimum Gasteiger partial charge on any atom is -0.478 e. The number of aromatic carboxylic acids is 1. The first-order valence-corrected chi connectivity index (χ1v) is 12.5. The van der Waals surface area contributed by atoms with E-state index in [4.69, 9.17) is 4.42 Å². The number of anilines is 1. The largest absolute Gasteiger partial charge is 0.478 e. The second-order valence-electron chi connectivity index (χ2n) is 9.60. The molecule has 0 amide bonds. The summed E-state index contributed by atoms with van der Waals surface area (Å²) in [5, 5.41) is 22.6. The molecule has 4 aromatic carbocycles. The van der Waals surface area contributed by atoms with E-state index in [0.717, 1.165) is 27.8 Å². The van der Waals surface area contributed by atoms with E-state index in [-0.39, 0.29) is 17.0 Å². The molecule has 0 fully saturated rings. The zero-order valence-corrected chi connectivity index (χ0v) is 21.8. The third-order valence-corrected chi connectivity index (χ3v) is 6.86. The highest BCUT2D eigenvalue weighted by molar-refractivity contribution is 5.94. The van der Waals surface area contributed by atoms with Crippen LogP contribution in [0.2, 0.25) is 0 Å². The molecule has 0 radical (unpaired) electrons. The molecule has 0 saturated heterocycles. The summed E-state index contributed by atoms with van der Waals surface area (Å²) in [6.45, 7) is 5.60. The summed E-state index contributed by atoms with van der Waals surface area (Å²) in [4.78, 5) is 25.2. The van der Waals surface area contributed by atoms with Crippen molar-refractivity contribution in [3.05, 3.63) is 123 Å². The molecule has 2 N–H and O–H groups in total. The van der Waals surface area contributed by atoms with Crippen molar-refractivity contribution in [2.45, 2.75) is 26.8 Å². The topological polar surface area (TPSA) is 103 Å². The fourth-order valence-corrected chi connectivity index (χ4v) is 4.85. The Hall–Kier alpha value is -5.15. The molecule has 6 nitrogen and oxygen atoms in total. The smallest absolute Gasteiger partial charge is 0.337 e. The first-order valence-electron chi connectivity index (χ1n) is 12.5. The highest BCUT2D eigenvalue weighted by Crippen LogP contribution is 2.33.